The van der Waals surface area contributed by atoms with Crippen LogP contribution in [0.4, 0.5) is 0 Å². The topological polar surface area (TPSA) is 51.0 Å². The van der Waals surface area contributed by atoms with Gasteiger partial charge < -0.3 is 4.90 Å². The van der Waals surface area contributed by atoms with Gasteiger partial charge in [0, 0.05) is 36.9 Å². The van der Waals surface area contributed by atoms with Gasteiger partial charge in [-0.25, -0.2) is 0 Å². The lowest BCUT2D eigenvalue weighted by molar-refractivity contribution is 0.0706. The summed E-state index contributed by atoms with van der Waals surface area (Å²) in [5, 5.41) is 5.65. The number of rotatable bonds is 3. The van der Waals surface area contributed by atoms with E-state index in [-0.39, 0.29) is 11.9 Å². The minimum Gasteiger partial charge on any atom is -0.337 e. The second kappa shape index (κ2) is 6.90. The fraction of sp³-hybridized carbons (Fsp3) is 0.381. The SMILES string of the molecule is CC(C)n1ccc(C(=O)N2CCC(c3ccnc4ccccc34)CC2)n1. The zero-order valence-electron chi connectivity index (χ0n) is 15.3. The van der Waals surface area contributed by atoms with E-state index in [4.69, 9.17) is 0 Å². The number of amides is 1. The highest BCUT2D eigenvalue weighted by atomic mass is 16.2. The summed E-state index contributed by atoms with van der Waals surface area (Å²) in [5.41, 5.74) is 2.95. The molecule has 0 spiro atoms. The van der Waals surface area contributed by atoms with Crippen LogP contribution in [-0.4, -0.2) is 38.7 Å². The van der Waals surface area contributed by atoms with Crippen LogP contribution >= 0.6 is 0 Å². The Bertz CT molecular complexity index is 917. The molecule has 0 radical (unpaired) electrons. The van der Waals surface area contributed by atoms with Crippen molar-refractivity contribution in [3.05, 3.63) is 60.0 Å². The van der Waals surface area contributed by atoms with Crippen molar-refractivity contribution in [3.63, 3.8) is 0 Å². The Hall–Kier alpha value is -2.69. The number of pyridine rings is 1. The molecule has 0 unspecified atom stereocenters. The first kappa shape index (κ1) is 16.8. The van der Waals surface area contributed by atoms with E-state index in [1.165, 1.54) is 10.9 Å². The van der Waals surface area contributed by atoms with Crippen molar-refractivity contribution in [1.29, 1.82) is 0 Å². The van der Waals surface area contributed by atoms with Crippen LogP contribution in [0.2, 0.25) is 0 Å². The third-order valence-corrected chi connectivity index (χ3v) is 5.26. The number of aromatic nitrogens is 3. The monoisotopic (exact) mass is 348 g/mol. The summed E-state index contributed by atoms with van der Waals surface area (Å²) in [6, 6.07) is 12.5. The molecule has 0 aliphatic carbocycles. The predicted octanol–water partition coefficient (Wildman–Crippen LogP) is 4.03. The van der Waals surface area contributed by atoms with E-state index in [0.717, 1.165) is 31.4 Å². The minimum atomic E-state index is 0.0439. The molecule has 5 heteroatoms. The van der Waals surface area contributed by atoms with Crippen LogP contribution in [0.15, 0.2) is 48.8 Å². The minimum absolute atomic E-state index is 0.0439. The molecule has 4 rings (SSSR count). The molecule has 1 aliphatic rings. The summed E-state index contributed by atoms with van der Waals surface area (Å²) >= 11 is 0. The number of fused-ring (bicyclic) bond motifs is 1. The maximum absolute atomic E-state index is 12.7. The third kappa shape index (κ3) is 3.09. The first-order valence-electron chi connectivity index (χ1n) is 9.31. The van der Waals surface area contributed by atoms with Gasteiger partial charge in [-0.1, -0.05) is 18.2 Å². The Morgan fingerprint density at radius 2 is 1.88 bits per heavy atom. The van der Waals surface area contributed by atoms with Crippen molar-refractivity contribution in [2.24, 2.45) is 0 Å². The zero-order chi connectivity index (χ0) is 18.1. The van der Waals surface area contributed by atoms with Crippen LogP contribution in [0.3, 0.4) is 0 Å². The van der Waals surface area contributed by atoms with Gasteiger partial charge in [0.1, 0.15) is 5.69 Å². The number of para-hydroxylation sites is 1. The molecule has 134 valence electrons. The van der Waals surface area contributed by atoms with Crippen LogP contribution in [0, 0.1) is 0 Å². The maximum atomic E-state index is 12.7. The molecule has 0 bridgehead atoms. The van der Waals surface area contributed by atoms with Crippen LogP contribution in [0.5, 0.6) is 0 Å². The number of likely N-dealkylation sites (tertiary alicyclic amines) is 1. The Balaban J connectivity index is 1.47. The van der Waals surface area contributed by atoms with Crippen molar-refractivity contribution >= 4 is 16.8 Å². The molecule has 1 fully saturated rings. The number of nitrogens with zero attached hydrogens (tertiary/aromatic N) is 4. The molecular weight excluding hydrogens is 324 g/mol. The zero-order valence-corrected chi connectivity index (χ0v) is 15.3. The van der Waals surface area contributed by atoms with Gasteiger partial charge in [0.05, 0.1) is 5.52 Å². The molecule has 0 saturated carbocycles. The van der Waals surface area contributed by atoms with E-state index in [0.29, 0.717) is 11.6 Å². The number of piperidine rings is 1. The highest BCUT2D eigenvalue weighted by Gasteiger charge is 2.26. The molecule has 5 nitrogen and oxygen atoms in total. The van der Waals surface area contributed by atoms with Crippen LogP contribution in [-0.2, 0) is 0 Å². The van der Waals surface area contributed by atoms with Crippen molar-refractivity contribution in [2.75, 3.05) is 13.1 Å². The Labute approximate surface area is 153 Å². The lowest BCUT2D eigenvalue weighted by Gasteiger charge is -2.32. The first-order valence-corrected chi connectivity index (χ1v) is 9.31. The number of carbonyl (C=O) groups excluding carboxylic acids is 1. The normalized spacial score (nSPS) is 15.7. The summed E-state index contributed by atoms with van der Waals surface area (Å²) in [4.78, 5) is 19.1. The molecule has 0 N–H and O–H groups in total. The first-order chi connectivity index (χ1) is 12.6. The van der Waals surface area contributed by atoms with Gasteiger partial charge in [0.25, 0.3) is 5.91 Å². The Kier molecular flexibility index (Phi) is 4.45. The fourth-order valence-electron chi connectivity index (χ4n) is 3.77. The number of hydrogen-bond acceptors (Lipinski definition) is 3. The summed E-state index contributed by atoms with van der Waals surface area (Å²) in [6.45, 7) is 5.67. The summed E-state index contributed by atoms with van der Waals surface area (Å²) in [7, 11) is 0. The average Bonchev–Trinajstić information content (AvgIpc) is 3.18. The van der Waals surface area contributed by atoms with Gasteiger partial charge in [-0.15, -0.1) is 0 Å². The van der Waals surface area contributed by atoms with Crippen LogP contribution in [0.25, 0.3) is 10.9 Å². The molecule has 0 atom stereocenters. The second-order valence-electron chi connectivity index (χ2n) is 7.26. The molecule has 1 aromatic carbocycles. The van der Waals surface area contributed by atoms with Gasteiger partial charge in [-0.3, -0.25) is 14.5 Å². The largest absolute Gasteiger partial charge is 0.337 e. The van der Waals surface area contributed by atoms with Crippen molar-refractivity contribution in [2.45, 2.75) is 38.6 Å². The van der Waals surface area contributed by atoms with Crippen molar-refractivity contribution < 1.29 is 4.79 Å². The Morgan fingerprint density at radius 1 is 1.12 bits per heavy atom. The highest BCUT2D eigenvalue weighted by molar-refractivity contribution is 5.92. The Morgan fingerprint density at radius 3 is 2.62 bits per heavy atom. The number of hydrogen-bond donors (Lipinski definition) is 0. The van der Waals surface area contributed by atoms with E-state index in [9.17, 15) is 4.79 Å². The quantitative estimate of drug-likeness (QED) is 0.718. The summed E-state index contributed by atoms with van der Waals surface area (Å²) in [5.74, 6) is 0.516. The smallest absolute Gasteiger partial charge is 0.274 e. The fourth-order valence-corrected chi connectivity index (χ4v) is 3.77. The van der Waals surface area contributed by atoms with Gasteiger partial charge in [-0.05, 0) is 56.4 Å². The predicted molar refractivity (Wildman–Crippen MR) is 102 cm³/mol. The van der Waals surface area contributed by atoms with Crippen molar-refractivity contribution in [1.82, 2.24) is 19.7 Å². The number of carbonyl (C=O) groups is 1. The second-order valence-corrected chi connectivity index (χ2v) is 7.26. The van der Waals surface area contributed by atoms with Crippen LogP contribution in [0.1, 0.15) is 54.7 Å². The average molecular weight is 348 g/mol. The van der Waals surface area contributed by atoms with Crippen LogP contribution < -0.4 is 0 Å². The standard InChI is InChI=1S/C21H24N4O/c1-15(2)25-14-10-20(23-25)21(26)24-12-8-16(9-13-24)17-7-11-22-19-6-4-3-5-18(17)19/h3-7,10-11,14-16H,8-9,12-13H2,1-2H3. The molecule has 1 aliphatic heterocycles. The molecular formula is C21H24N4O. The molecule has 3 aromatic rings. The van der Waals surface area contributed by atoms with Gasteiger partial charge >= 0.3 is 0 Å². The van der Waals surface area contributed by atoms with E-state index >= 15 is 0 Å². The van der Waals surface area contributed by atoms with Gasteiger partial charge in [0.15, 0.2) is 0 Å². The van der Waals surface area contributed by atoms with Crippen molar-refractivity contribution in [3.8, 4) is 0 Å². The molecule has 1 amide bonds. The summed E-state index contributed by atoms with van der Waals surface area (Å²) < 4.78 is 1.84. The van der Waals surface area contributed by atoms with Gasteiger partial charge in [0.2, 0.25) is 0 Å². The molecule has 2 aromatic heterocycles. The summed E-state index contributed by atoms with van der Waals surface area (Å²) in [6.07, 6.45) is 5.73. The lowest BCUT2D eigenvalue weighted by atomic mass is 9.87. The highest BCUT2D eigenvalue weighted by Crippen LogP contribution is 2.32. The maximum Gasteiger partial charge on any atom is 0.274 e. The van der Waals surface area contributed by atoms with E-state index in [1.807, 2.05) is 34.1 Å². The third-order valence-electron chi connectivity index (χ3n) is 5.26. The molecule has 26 heavy (non-hydrogen) atoms. The molecule has 1 saturated heterocycles. The molecule has 3 heterocycles. The number of benzene rings is 1. The lowest BCUT2D eigenvalue weighted by Crippen LogP contribution is -2.38. The van der Waals surface area contributed by atoms with E-state index < -0.39 is 0 Å². The van der Waals surface area contributed by atoms with E-state index in [1.54, 1.807) is 0 Å². The van der Waals surface area contributed by atoms with Gasteiger partial charge in [-0.2, -0.15) is 5.10 Å². The van der Waals surface area contributed by atoms with E-state index in [2.05, 4.69) is 48.2 Å².